The normalized spacial score (nSPS) is 16.2. The van der Waals surface area contributed by atoms with Crippen molar-refractivity contribution >= 4 is 16.8 Å². The van der Waals surface area contributed by atoms with Crippen molar-refractivity contribution in [2.75, 3.05) is 6.54 Å². The number of hydrogen-bond acceptors (Lipinski definition) is 5. The Morgan fingerprint density at radius 3 is 2.79 bits per heavy atom. The lowest BCUT2D eigenvalue weighted by molar-refractivity contribution is 0.0946. The Balaban J connectivity index is 1.40. The quantitative estimate of drug-likeness (QED) is 0.477. The molecule has 1 fully saturated rings. The zero-order chi connectivity index (χ0) is 22.6. The van der Waals surface area contributed by atoms with Crippen molar-refractivity contribution in [1.82, 2.24) is 25.2 Å². The maximum Gasteiger partial charge on any atom is 0.255 e. The molecule has 1 N–H and O–H groups in total. The van der Waals surface area contributed by atoms with Gasteiger partial charge in [0, 0.05) is 30.9 Å². The molecule has 2 aromatic carbocycles. The third-order valence-corrected chi connectivity index (χ3v) is 6.25. The van der Waals surface area contributed by atoms with Gasteiger partial charge in [-0.3, -0.25) is 14.7 Å². The lowest BCUT2D eigenvalue weighted by atomic mass is 10.0. The summed E-state index contributed by atoms with van der Waals surface area (Å²) in [5.41, 5.74) is 4.67. The second kappa shape index (κ2) is 9.46. The minimum absolute atomic E-state index is 0.0724. The molecule has 0 radical (unpaired) electrons. The zero-order valence-corrected chi connectivity index (χ0v) is 18.7. The minimum atomic E-state index is -0.132. The Morgan fingerprint density at radius 2 is 1.91 bits per heavy atom. The van der Waals surface area contributed by atoms with E-state index in [-0.39, 0.29) is 11.9 Å². The van der Waals surface area contributed by atoms with E-state index < -0.39 is 0 Å². The van der Waals surface area contributed by atoms with Crippen LogP contribution in [-0.2, 0) is 13.1 Å². The van der Waals surface area contributed by atoms with E-state index >= 15 is 0 Å². The molecule has 6 heteroatoms. The summed E-state index contributed by atoms with van der Waals surface area (Å²) in [7, 11) is 0. The van der Waals surface area contributed by atoms with Crippen LogP contribution in [0.4, 0.5) is 0 Å². The van der Waals surface area contributed by atoms with Crippen LogP contribution >= 0.6 is 0 Å². The van der Waals surface area contributed by atoms with E-state index in [0.717, 1.165) is 48.1 Å². The summed E-state index contributed by atoms with van der Waals surface area (Å²) < 4.78 is 0. The standard InChI is InChI=1S/C27H27N5O/c1-19-29-17-23(27(33)30-16-20-8-3-2-4-9-20)26(31-19)24-13-7-15-32(24)18-22-11-5-10-21-12-6-14-28-25(21)22/h2-6,8-12,14,17,24H,7,13,15-16,18H2,1H3,(H,30,33). The monoisotopic (exact) mass is 437 g/mol. The second-order valence-corrected chi connectivity index (χ2v) is 8.51. The number of pyridine rings is 1. The molecule has 3 heterocycles. The molecule has 0 saturated carbocycles. The van der Waals surface area contributed by atoms with Crippen LogP contribution in [0.15, 0.2) is 73.1 Å². The van der Waals surface area contributed by atoms with Gasteiger partial charge in [0.2, 0.25) is 0 Å². The van der Waals surface area contributed by atoms with Gasteiger partial charge in [0.25, 0.3) is 5.91 Å². The van der Waals surface area contributed by atoms with Crippen molar-refractivity contribution in [2.45, 2.75) is 38.9 Å². The Hall–Kier alpha value is -3.64. The fourth-order valence-electron chi connectivity index (χ4n) is 4.63. The maximum atomic E-state index is 13.1. The van der Waals surface area contributed by atoms with E-state index in [1.54, 1.807) is 6.20 Å². The molecular weight excluding hydrogens is 410 g/mol. The van der Waals surface area contributed by atoms with Crippen molar-refractivity contribution < 1.29 is 4.79 Å². The Morgan fingerprint density at radius 1 is 1.06 bits per heavy atom. The highest BCUT2D eigenvalue weighted by Crippen LogP contribution is 2.34. The average molecular weight is 438 g/mol. The molecule has 1 aliphatic heterocycles. The van der Waals surface area contributed by atoms with Gasteiger partial charge in [-0.15, -0.1) is 0 Å². The third kappa shape index (κ3) is 4.61. The molecule has 166 valence electrons. The molecule has 1 atom stereocenters. The van der Waals surface area contributed by atoms with E-state index in [1.807, 2.05) is 49.5 Å². The van der Waals surface area contributed by atoms with Crippen molar-refractivity contribution in [2.24, 2.45) is 0 Å². The van der Waals surface area contributed by atoms with Crippen molar-refractivity contribution in [3.63, 3.8) is 0 Å². The van der Waals surface area contributed by atoms with E-state index in [0.29, 0.717) is 17.9 Å². The smallest absolute Gasteiger partial charge is 0.255 e. The number of carbonyl (C=O) groups is 1. The summed E-state index contributed by atoms with van der Waals surface area (Å²) in [5.74, 6) is 0.552. The Labute approximate surface area is 193 Å². The summed E-state index contributed by atoms with van der Waals surface area (Å²) in [6, 6.07) is 20.4. The van der Waals surface area contributed by atoms with Crippen molar-refractivity contribution in [3.8, 4) is 0 Å². The van der Waals surface area contributed by atoms with Gasteiger partial charge >= 0.3 is 0 Å². The lowest BCUT2D eigenvalue weighted by Gasteiger charge is -2.26. The topological polar surface area (TPSA) is 71.0 Å². The molecular formula is C27H27N5O. The zero-order valence-electron chi connectivity index (χ0n) is 18.7. The van der Waals surface area contributed by atoms with Gasteiger partial charge in [-0.2, -0.15) is 0 Å². The Bertz CT molecular complexity index is 1270. The largest absolute Gasteiger partial charge is 0.348 e. The van der Waals surface area contributed by atoms with Crippen LogP contribution < -0.4 is 5.32 Å². The molecule has 0 aliphatic carbocycles. The van der Waals surface area contributed by atoms with Gasteiger partial charge in [-0.1, -0.05) is 54.6 Å². The van der Waals surface area contributed by atoms with Crippen molar-refractivity contribution in [1.29, 1.82) is 0 Å². The number of rotatable bonds is 6. The minimum Gasteiger partial charge on any atom is -0.348 e. The van der Waals surface area contributed by atoms with Gasteiger partial charge in [0.15, 0.2) is 0 Å². The number of para-hydroxylation sites is 1. The summed E-state index contributed by atoms with van der Waals surface area (Å²) in [6.45, 7) is 4.08. The van der Waals surface area contributed by atoms with E-state index in [9.17, 15) is 4.79 Å². The summed E-state index contributed by atoms with van der Waals surface area (Å²) in [4.78, 5) is 29.3. The molecule has 5 rings (SSSR count). The van der Waals surface area contributed by atoms with Gasteiger partial charge in [-0.05, 0) is 43.5 Å². The SMILES string of the molecule is Cc1ncc(C(=O)NCc2ccccc2)c(C2CCCN2Cc2cccc3cccnc23)n1. The summed E-state index contributed by atoms with van der Waals surface area (Å²) >= 11 is 0. The van der Waals surface area contributed by atoms with Crippen LogP contribution in [0.3, 0.4) is 0 Å². The van der Waals surface area contributed by atoms with Crippen LogP contribution in [0.5, 0.6) is 0 Å². The number of amides is 1. The molecule has 0 spiro atoms. The molecule has 2 aromatic heterocycles. The van der Waals surface area contributed by atoms with E-state index in [2.05, 4.69) is 44.5 Å². The number of hydrogen-bond donors (Lipinski definition) is 1. The van der Waals surface area contributed by atoms with Crippen LogP contribution in [0.1, 0.15) is 51.9 Å². The Kier molecular flexibility index (Phi) is 6.09. The molecule has 4 aromatic rings. The average Bonchev–Trinajstić information content (AvgIpc) is 3.31. The number of likely N-dealkylation sites (tertiary alicyclic amines) is 1. The summed E-state index contributed by atoms with van der Waals surface area (Å²) in [5, 5.41) is 4.18. The number of nitrogens with one attached hydrogen (secondary N) is 1. The predicted molar refractivity (Wildman–Crippen MR) is 129 cm³/mol. The van der Waals surface area contributed by atoms with Crippen LogP contribution in [-0.4, -0.2) is 32.3 Å². The van der Waals surface area contributed by atoms with Crippen LogP contribution in [0, 0.1) is 6.92 Å². The first-order valence-electron chi connectivity index (χ1n) is 11.4. The third-order valence-electron chi connectivity index (χ3n) is 6.25. The first-order chi connectivity index (χ1) is 16.2. The molecule has 33 heavy (non-hydrogen) atoms. The number of nitrogens with zero attached hydrogens (tertiary/aromatic N) is 4. The van der Waals surface area contributed by atoms with Gasteiger partial charge < -0.3 is 5.32 Å². The van der Waals surface area contributed by atoms with Crippen LogP contribution in [0.25, 0.3) is 10.9 Å². The van der Waals surface area contributed by atoms with Gasteiger partial charge in [0.05, 0.1) is 22.8 Å². The maximum absolute atomic E-state index is 13.1. The molecule has 0 bridgehead atoms. The highest BCUT2D eigenvalue weighted by atomic mass is 16.1. The molecule has 1 unspecified atom stereocenters. The fourth-order valence-corrected chi connectivity index (χ4v) is 4.63. The van der Waals surface area contributed by atoms with Gasteiger partial charge in [0.1, 0.15) is 5.82 Å². The van der Waals surface area contributed by atoms with Crippen LogP contribution in [0.2, 0.25) is 0 Å². The number of fused-ring (bicyclic) bond motifs is 1. The molecule has 6 nitrogen and oxygen atoms in total. The van der Waals surface area contributed by atoms with E-state index in [1.165, 1.54) is 5.56 Å². The highest BCUT2D eigenvalue weighted by Gasteiger charge is 2.31. The van der Waals surface area contributed by atoms with Crippen molar-refractivity contribution in [3.05, 3.63) is 101 Å². The molecule has 1 amide bonds. The number of carbonyl (C=O) groups excluding carboxylic acids is 1. The molecule has 1 saturated heterocycles. The second-order valence-electron chi connectivity index (χ2n) is 8.51. The first kappa shape index (κ1) is 21.2. The lowest BCUT2D eigenvalue weighted by Crippen LogP contribution is -2.29. The van der Waals surface area contributed by atoms with Gasteiger partial charge in [-0.25, -0.2) is 9.97 Å². The number of benzene rings is 2. The first-order valence-corrected chi connectivity index (χ1v) is 11.4. The van der Waals surface area contributed by atoms with E-state index in [4.69, 9.17) is 4.98 Å². The number of aromatic nitrogens is 3. The number of aryl methyl sites for hydroxylation is 1. The molecule has 1 aliphatic rings. The predicted octanol–water partition coefficient (Wildman–Crippen LogP) is 4.60. The summed E-state index contributed by atoms with van der Waals surface area (Å²) in [6.07, 6.45) is 5.55. The highest BCUT2D eigenvalue weighted by molar-refractivity contribution is 5.95. The fraction of sp³-hybridized carbons (Fsp3) is 0.259.